The molecule has 0 unspecified atom stereocenters. The predicted octanol–water partition coefficient (Wildman–Crippen LogP) is 4.49. The third-order valence-corrected chi connectivity index (χ3v) is 3.20. The Hall–Kier alpha value is -0.850. The van der Waals surface area contributed by atoms with Crippen molar-refractivity contribution < 1.29 is 14.3 Å². The standard InChI is InChI=1S/C18H32O3/c1-3-14-18(19)15-12-10-8-6-4-5-7-9-11-13-16-21-17-20-2/h3-5,7,9-17H2,1-2H3. The number of ether oxygens (including phenoxy) is 2. The Bertz CT molecular complexity index is 289. The lowest BCUT2D eigenvalue weighted by molar-refractivity contribution is -0.119. The Balaban J connectivity index is 3.18. The highest BCUT2D eigenvalue weighted by Crippen LogP contribution is 2.05. The van der Waals surface area contributed by atoms with Crippen LogP contribution in [0, 0.1) is 11.8 Å². The fourth-order valence-corrected chi connectivity index (χ4v) is 2.04. The molecule has 122 valence electrons. The molecule has 0 aliphatic heterocycles. The van der Waals surface area contributed by atoms with Crippen molar-refractivity contribution in [2.75, 3.05) is 20.5 Å². The summed E-state index contributed by atoms with van der Waals surface area (Å²) in [5.41, 5.74) is 0. The molecule has 3 heteroatoms. The number of methoxy groups -OCH3 is 1. The highest BCUT2D eigenvalue weighted by Gasteiger charge is 1.97. The molecule has 21 heavy (non-hydrogen) atoms. The van der Waals surface area contributed by atoms with Gasteiger partial charge in [-0.15, -0.1) is 11.8 Å². The number of hydrogen-bond acceptors (Lipinski definition) is 3. The van der Waals surface area contributed by atoms with Gasteiger partial charge in [0.25, 0.3) is 0 Å². The van der Waals surface area contributed by atoms with Gasteiger partial charge in [-0.1, -0.05) is 26.2 Å². The van der Waals surface area contributed by atoms with Gasteiger partial charge in [0.2, 0.25) is 0 Å². The maximum Gasteiger partial charge on any atom is 0.146 e. The molecular formula is C18H32O3. The Morgan fingerprint density at radius 2 is 1.57 bits per heavy atom. The van der Waals surface area contributed by atoms with Crippen LogP contribution in [0.4, 0.5) is 0 Å². The van der Waals surface area contributed by atoms with E-state index in [4.69, 9.17) is 9.47 Å². The van der Waals surface area contributed by atoms with Gasteiger partial charge in [-0.2, -0.15) is 0 Å². The fourth-order valence-electron chi connectivity index (χ4n) is 2.04. The Labute approximate surface area is 130 Å². The van der Waals surface area contributed by atoms with Gasteiger partial charge in [0.05, 0.1) is 0 Å². The summed E-state index contributed by atoms with van der Waals surface area (Å²) in [7, 11) is 1.64. The highest BCUT2D eigenvalue weighted by atomic mass is 16.7. The summed E-state index contributed by atoms with van der Waals surface area (Å²) in [5, 5.41) is 0. The molecule has 0 rings (SSSR count). The number of carbonyl (C=O) groups excluding carboxylic acids is 1. The molecule has 0 aromatic carbocycles. The molecule has 0 N–H and O–H groups in total. The Morgan fingerprint density at radius 1 is 0.905 bits per heavy atom. The second-order valence-electron chi connectivity index (χ2n) is 5.33. The predicted molar refractivity (Wildman–Crippen MR) is 87.1 cm³/mol. The molecule has 3 nitrogen and oxygen atoms in total. The van der Waals surface area contributed by atoms with Crippen molar-refractivity contribution in [3.8, 4) is 11.8 Å². The maximum absolute atomic E-state index is 11.3. The molecule has 0 fully saturated rings. The summed E-state index contributed by atoms with van der Waals surface area (Å²) in [6, 6.07) is 0. The average Bonchev–Trinajstić information content (AvgIpc) is 2.48. The van der Waals surface area contributed by atoms with Crippen LogP contribution in [0.1, 0.15) is 77.6 Å². The third-order valence-electron chi connectivity index (χ3n) is 3.20. The summed E-state index contributed by atoms with van der Waals surface area (Å²) in [6.07, 6.45) is 11.2. The maximum atomic E-state index is 11.3. The van der Waals surface area contributed by atoms with Crippen molar-refractivity contribution in [3.63, 3.8) is 0 Å². The van der Waals surface area contributed by atoms with Gasteiger partial charge in [0.1, 0.15) is 12.6 Å². The van der Waals surface area contributed by atoms with Crippen molar-refractivity contribution in [1.29, 1.82) is 0 Å². The molecule has 0 atom stereocenters. The normalized spacial score (nSPS) is 10.2. The highest BCUT2D eigenvalue weighted by molar-refractivity contribution is 5.78. The van der Waals surface area contributed by atoms with Crippen LogP contribution >= 0.6 is 0 Å². The molecule has 0 saturated carbocycles. The minimum atomic E-state index is 0.383. The van der Waals surface area contributed by atoms with Crippen molar-refractivity contribution in [1.82, 2.24) is 0 Å². The first kappa shape index (κ1) is 20.1. The van der Waals surface area contributed by atoms with Crippen LogP contribution < -0.4 is 0 Å². The van der Waals surface area contributed by atoms with E-state index in [-0.39, 0.29) is 0 Å². The van der Waals surface area contributed by atoms with E-state index in [1.165, 1.54) is 25.7 Å². The van der Waals surface area contributed by atoms with Crippen LogP contribution in [0.25, 0.3) is 0 Å². The monoisotopic (exact) mass is 296 g/mol. The first-order valence-electron chi connectivity index (χ1n) is 8.35. The molecule has 0 saturated heterocycles. The molecule has 0 aromatic heterocycles. The number of rotatable bonds is 14. The SMILES string of the molecule is CCCC(=O)CCCC#CCCCCCCCOCOC. The first-order chi connectivity index (χ1) is 10.3. The van der Waals surface area contributed by atoms with E-state index in [9.17, 15) is 4.79 Å². The zero-order chi connectivity index (χ0) is 15.6. The lowest BCUT2D eigenvalue weighted by atomic mass is 10.1. The quantitative estimate of drug-likeness (QED) is 0.269. The molecule has 0 radical (unpaired) electrons. The van der Waals surface area contributed by atoms with Crippen LogP contribution in [0.15, 0.2) is 0 Å². The second-order valence-corrected chi connectivity index (χ2v) is 5.33. The van der Waals surface area contributed by atoms with Gasteiger partial charge < -0.3 is 9.47 Å². The van der Waals surface area contributed by atoms with Crippen LogP contribution in [0.2, 0.25) is 0 Å². The van der Waals surface area contributed by atoms with Crippen LogP contribution in [0.5, 0.6) is 0 Å². The third kappa shape index (κ3) is 17.1. The number of unbranched alkanes of at least 4 members (excludes halogenated alkanes) is 6. The molecule has 0 amide bonds. The van der Waals surface area contributed by atoms with Crippen molar-refractivity contribution in [3.05, 3.63) is 0 Å². The van der Waals surface area contributed by atoms with E-state index in [1.807, 2.05) is 6.92 Å². The van der Waals surface area contributed by atoms with Gasteiger partial charge in [-0.05, 0) is 25.7 Å². The minimum Gasteiger partial charge on any atom is -0.359 e. The van der Waals surface area contributed by atoms with Crippen molar-refractivity contribution in [2.24, 2.45) is 0 Å². The van der Waals surface area contributed by atoms with Gasteiger partial charge in [-0.25, -0.2) is 0 Å². The number of carbonyl (C=O) groups is 1. The molecule has 0 aliphatic rings. The minimum absolute atomic E-state index is 0.383. The zero-order valence-electron chi connectivity index (χ0n) is 13.9. The molecule has 0 aliphatic carbocycles. The smallest absolute Gasteiger partial charge is 0.146 e. The lowest BCUT2D eigenvalue weighted by Crippen LogP contribution is -1.98. The van der Waals surface area contributed by atoms with Gasteiger partial charge in [-0.3, -0.25) is 4.79 Å². The van der Waals surface area contributed by atoms with Crippen molar-refractivity contribution in [2.45, 2.75) is 77.6 Å². The largest absolute Gasteiger partial charge is 0.359 e. The molecule has 0 spiro atoms. The van der Waals surface area contributed by atoms with E-state index in [2.05, 4.69) is 11.8 Å². The number of Topliss-reactive ketones (excluding diaryl/α,β-unsaturated/α-hetero) is 1. The van der Waals surface area contributed by atoms with E-state index in [1.54, 1.807) is 7.11 Å². The summed E-state index contributed by atoms with van der Waals surface area (Å²) in [6.45, 7) is 3.24. The molecular weight excluding hydrogens is 264 g/mol. The van der Waals surface area contributed by atoms with E-state index in [0.29, 0.717) is 19.0 Å². The van der Waals surface area contributed by atoms with E-state index in [0.717, 1.165) is 45.1 Å². The fraction of sp³-hybridized carbons (Fsp3) is 0.833. The average molecular weight is 296 g/mol. The van der Waals surface area contributed by atoms with Gasteiger partial charge in [0, 0.05) is 39.4 Å². The molecule has 0 heterocycles. The van der Waals surface area contributed by atoms with E-state index >= 15 is 0 Å². The second kappa shape index (κ2) is 17.2. The van der Waals surface area contributed by atoms with Crippen LogP contribution in [-0.4, -0.2) is 26.3 Å². The van der Waals surface area contributed by atoms with Crippen molar-refractivity contribution >= 4 is 5.78 Å². The van der Waals surface area contributed by atoms with Gasteiger partial charge >= 0.3 is 0 Å². The van der Waals surface area contributed by atoms with E-state index < -0.39 is 0 Å². The Morgan fingerprint density at radius 3 is 2.29 bits per heavy atom. The summed E-state index contributed by atoms with van der Waals surface area (Å²) in [5.74, 6) is 6.76. The zero-order valence-corrected chi connectivity index (χ0v) is 13.9. The summed E-state index contributed by atoms with van der Waals surface area (Å²) < 4.78 is 10.0. The summed E-state index contributed by atoms with van der Waals surface area (Å²) >= 11 is 0. The Kier molecular flexibility index (Phi) is 16.5. The van der Waals surface area contributed by atoms with Crippen LogP contribution in [0.3, 0.4) is 0 Å². The number of hydrogen-bond donors (Lipinski definition) is 0. The lowest BCUT2D eigenvalue weighted by Gasteiger charge is -2.02. The molecule has 0 bridgehead atoms. The summed E-state index contributed by atoms with van der Waals surface area (Å²) in [4.78, 5) is 11.3. The first-order valence-corrected chi connectivity index (χ1v) is 8.35. The number of ketones is 1. The van der Waals surface area contributed by atoms with Gasteiger partial charge in [0.15, 0.2) is 0 Å². The van der Waals surface area contributed by atoms with Crippen LogP contribution in [-0.2, 0) is 14.3 Å². The molecule has 0 aromatic rings. The topological polar surface area (TPSA) is 35.5 Å².